The van der Waals surface area contributed by atoms with Crippen LogP contribution >= 0.6 is 15.9 Å². The standard InChI is InChI=1S/C19H12BrN5O3/c20-13-7-5-12(6-8-13)18-22-16-4-2-1-3-15(16)19(23-18)24-21-11-14-9-10-17(28-14)25(26)27/h1-11H,(H,22,23,24)/b21-11+. The average Bonchev–Trinajstić information content (AvgIpc) is 3.18. The normalized spacial score (nSPS) is 11.2. The van der Waals surface area contributed by atoms with Crippen LogP contribution in [0, 0.1) is 10.1 Å². The Balaban J connectivity index is 1.67. The highest BCUT2D eigenvalue weighted by Crippen LogP contribution is 2.26. The van der Waals surface area contributed by atoms with Gasteiger partial charge in [-0.05, 0) is 30.3 Å². The lowest BCUT2D eigenvalue weighted by Gasteiger charge is -2.08. The predicted octanol–water partition coefficient (Wildman–Crippen LogP) is 5.01. The highest BCUT2D eigenvalue weighted by atomic mass is 79.9. The molecule has 2 aromatic carbocycles. The summed E-state index contributed by atoms with van der Waals surface area (Å²) in [7, 11) is 0. The van der Waals surface area contributed by atoms with Gasteiger partial charge in [0, 0.05) is 15.4 Å². The van der Waals surface area contributed by atoms with Crippen LogP contribution in [0.25, 0.3) is 22.3 Å². The molecule has 9 heteroatoms. The molecule has 0 spiro atoms. The van der Waals surface area contributed by atoms with Gasteiger partial charge >= 0.3 is 5.88 Å². The van der Waals surface area contributed by atoms with E-state index in [4.69, 9.17) is 4.42 Å². The Morgan fingerprint density at radius 2 is 1.86 bits per heavy atom. The van der Waals surface area contributed by atoms with Crippen molar-refractivity contribution in [2.75, 3.05) is 5.43 Å². The van der Waals surface area contributed by atoms with Crippen LogP contribution in [-0.4, -0.2) is 21.1 Å². The molecule has 1 N–H and O–H groups in total. The van der Waals surface area contributed by atoms with E-state index in [9.17, 15) is 10.1 Å². The van der Waals surface area contributed by atoms with Crippen LogP contribution in [0.15, 0.2) is 74.7 Å². The number of para-hydroxylation sites is 1. The molecule has 0 fully saturated rings. The van der Waals surface area contributed by atoms with Crippen molar-refractivity contribution in [3.63, 3.8) is 0 Å². The SMILES string of the molecule is O=[N+]([O-])c1ccc(/C=N/Nc2nc(-c3ccc(Br)cc3)nc3ccccc23)o1. The number of nitrogens with zero attached hydrogens (tertiary/aromatic N) is 4. The van der Waals surface area contributed by atoms with Crippen molar-refractivity contribution in [2.24, 2.45) is 5.10 Å². The number of nitrogens with one attached hydrogen (secondary N) is 1. The van der Waals surface area contributed by atoms with Gasteiger partial charge in [0.15, 0.2) is 17.4 Å². The molecule has 0 saturated heterocycles. The molecule has 0 aliphatic rings. The van der Waals surface area contributed by atoms with Gasteiger partial charge in [-0.15, -0.1) is 0 Å². The molecule has 4 aromatic rings. The van der Waals surface area contributed by atoms with E-state index >= 15 is 0 Å². The third kappa shape index (κ3) is 3.74. The summed E-state index contributed by atoms with van der Waals surface area (Å²) in [6.07, 6.45) is 1.35. The van der Waals surface area contributed by atoms with Crippen LogP contribution in [0.1, 0.15) is 5.76 Å². The number of benzene rings is 2. The topological polar surface area (TPSA) is 106 Å². The van der Waals surface area contributed by atoms with Gasteiger partial charge in [0.05, 0.1) is 17.8 Å². The lowest BCUT2D eigenvalue weighted by molar-refractivity contribution is -0.402. The molecule has 0 bridgehead atoms. The molecule has 2 heterocycles. The molecule has 0 aliphatic carbocycles. The van der Waals surface area contributed by atoms with Gasteiger partial charge in [0.25, 0.3) is 0 Å². The number of hydrazone groups is 1. The predicted molar refractivity (Wildman–Crippen MR) is 109 cm³/mol. The molecule has 0 aliphatic heterocycles. The van der Waals surface area contributed by atoms with E-state index in [1.165, 1.54) is 18.3 Å². The number of rotatable bonds is 5. The van der Waals surface area contributed by atoms with Crippen molar-refractivity contribution in [1.82, 2.24) is 9.97 Å². The zero-order chi connectivity index (χ0) is 19.5. The first-order valence-electron chi connectivity index (χ1n) is 8.16. The zero-order valence-corrected chi connectivity index (χ0v) is 15.8. The zero-order valence-electron chi connectivity index (χ0n) is 14.2. The number of anilines is 1. The van der Waals surface area contributed by atoms with Crippen molar-refractivity contribution < 1.29 is 9.34 Å². The number of hydrogen-bond acceptors (Lipinski definition) is 7. The van der Waals surface area contributed by atoms with Gasteiger partial charge in [-0.3, -0.25) is 15.5 Å². The first-order valence-corrected chi connectivity index (χ1v) is 8.95. The molecule has 4 rings (SSSR count). The number of fused-ring (bicyclic) bond motifs is 1. The molecular weight excluding hydrogens is 426 g/mol. The fourth-order valence-corrected chi connectivity index (χ4v) is 2.82. The minimum absolute atomic E-state index is 0.255. The van der Waals surface area contributed by atoms with Gasteiger partial charge in [-0.1, -0.05) is 40.2 Å². The fourth-order valence-electron chi connectivity index (χ4n) is 2.56. The summed E-state index contributed by atoms with van der Waals surface area (Å²) in [5.41, 5.74) is 4.50. The third-order valence-corrected chi connectivity index (χ3v) is 4.39. The van der Waals surface area contributed by atoms with Crippen LogP contribution in [-0.2, 0) is 0 Å². The second kappa shape index (κ2) is 7.57. The monoisotopic (exact) mass is 437 g/mol. The molecule has 8 nitrogen and oxygen atoms in total. The van der Waals surface area contributed by atoms with E-state index < -0.39 is 4.92 Å². The minimum Gasteiger partial charge on any atom is -0.400 e. The fraction of sp³-hybridized carbons (Fsp3) is 0. The van der Waals surface area contributed by atoms with Gasteiger partial charge in [0.1, 0.15) is 4.92 Å². The Morgan fingerprint density at radius 3 is 2.61 bits per heavy atom. The number of halogens is 1. The first-order chi connectivity index (χ1) is 13.6. The summed E-state index contributed by atoms with van der Waals surface area (Å²) in [5, 5.41) is 15.6. The maximum Gasteiger partial charge on any atom is 0.433 e. The second-order valence-corrected chi connectivity index (χ2v) is 6.64. The van der Waals surface area contributed by atoms with Crippen LogP contribution in [0.3, 0.4) is 0 Å². The van der Waals surface area contributed by atoms with Crippen molar-refractivity contribution in [3.05, 3.63) is 81.0 Å². The quantitative estimate of drug-likeness (QED) is 0.267. The van der Waals surface area contributed by atoms with E-state index in [-0.39, 0.29) is 11.6 Å². The molecule has 0 amide bonds. The molecule has 0 atom stereocenters. The highest BCUT2D eigenvalue weighted by molar-refractivity contribution is 9.10. The van der Waals surface area contributed by atoms with Gasteiger partial charge in [-0.2, -0.15) is 5.10 Å². The molecule has 0 saturated carbocycles. The second-order valence-electron chi connectivity index (χ2n) is 5.72. The Hall–Kier alpha value is -3.59. The van der Waals surface area contributed by atoms with Crippen LogP contribution in [0.5, 0.6) is 0 Å². The molecule has 0 radical (unpaired) electrons. The number of nitro groups is 1. The largest absolute Gasteiger partial charge is 0.433 e. The van der Waals surface area contributed by atoms with Crippen molar-refractivity contribution in [2.45, 2.75) is 0 Å². The van der Waals surface area contributed by atoms with Crippen molar-refractivity contribution in [1.29, 1.82) is 0 Å². The Morgan fingerprint density at radius 1 is 1.07 bits per heavy atom. The smallest absolute Gasteiger partial charge is 0.400 e. The van der Waals surface area contributed by atoms with Gasteiger partial charge < -0.3 is 4.42 Å². The first kappa shape index (κ1) is 17.8. The molecule has 2 aromatic heterocycles. The summed E-state index contributed by atoms with van der Waals surface area (Å²) in [6, 6.07) is 18.0. The van der Waals surface area contributed by atoms with Crippen molar-refractivity contribution >= 4 is 44.7 Å². The molecule has 28 heavy (non-hydrogen) atoms. The van der Waals surface area contributed by atoms with Crippen LogP contribution in [0.4, 0.5) is 11.7 Å². The van der Waals surface area contributed by atoms with E-state index in [0.29, 0.717) is 11.6 Å². The maximum absolute atomic E-state index is 10.7. The van der Waals surface area contributed by atoms with Crippen LogP contribution < -0.4 is 5.43 Å². The highest BCUT2D eigenvalue weighted by Gasteiger charge is 2.11. The minimum atomic E-state index is -0.604. The summed E-state index contributed by atoms with van der Waals surface area (Å²) < 4.78 is 6.01. The van der Waals surface area contributed by atoms with Crippen molar-refractivity contribution in [3.8, 4) is 11.4 Å². The summed E-state index contributed by atoms with van der Waals surface area (Å²) in [5.74, 6) is 0.982. The Bertz CT molecular complexity index is 1190. The number of hydrogen-bond donors (Lipinski definition) is 1. The summed E-state index contributed by atoms with van der Waals surface area (Å²) in [4.78, 5) is 19.3. The van der Waals surface area contributed by atoms with Gasteiger partial charge in [0.2, 0.25) is 0 Å². The summed E-state index contributed by atoms with van der Waals surface area (Å²) >= 11 is 3.42. The van der Waals surface area contributed by atoms with Crippen LogP contribution in [0.2, 0.25) is 0 Å². The number of furan rings is 1. The Labute approximate surface area is 167 Å². The average molecular weight is 438 g/mol. The van der Waals surface area contributed by atoms with E-state index in [2.05, 4.69) is 36.4 Å². The lowest BCUT2D eigenvalue weighted by atomic mass is 10.2. The lowest BCUT2D eigenvalue weighted by Crippen LogP contribution is -1.99. The molecule has 0 unspecified atom stereocenters. The summed E-state index contributed by atoms with van der Waals surface area (Å²) in [6.45, 7) is 0. The molecular formula is C19H12BrN5O3. The maximum atomic E-state index is 10.7. The van der Waals surface area contributed by atoms with E-state index in [1.54, 1.807) is 0 Å². The Kier molecular flexibility index (Phi) is 4.81. The molecule has 138 valence electrons. The third-order valence-electron chi connectivity index (χ3n) is 3.86. The number of aromatic nitrogens is 2. The van der Waals surface area contributed by atoms with E-state index in [1.807, 2.05) is 48.5 Å². The van der Waals surface area contributed by atoms with E-state index in [0.717, 1.165) is 20.9 Å². The van der Waals surface area contributed by atoms with Gasteiger partial charge in [-0.25, -0.2) is 9.97 Å².